The van der Waals surface area contributed by atoms with E-state index in [4.69, 9.17) is 9.47 Å². The lowest BCUT2D eigenvalue weighted by atomic mass is 10.0. The lowest BCUT2D eigenvalue weighted by molar-refractivity contribution is -0.119. The van der Waals surface area contributed by atoms with Crippen LogP contribution in [0, 0.1) is 0 Å². The van der Waals surface area contributed by atoms with Crippen molar-refractivity contribution >= 4 is 28.2 Å². The van der Waals surface area contributed by atoms with Crippen molar-refractivity contribution in [3.8, 4) is 0 Å². The van der Waals surface area contributed by atoms with Gasteiger partial charge in [-0.15, -0.1) is 11.3 Å². The Bertz CT molecular complexity index is 624. The molecule has 3 N–H and O–H groups in total. The van der Waals surface area contributed by atoms with Crippen molar-refractivity contribution < 1.29 is 24.2 Å². The van der Waals surface area contributed by atoms with Crippen LogP contribution in [0.1, 0.15) is 53.1 Å². The van der Waals surface area contributed by atoms with Crippen LogP contribution in [-0.4, -0.2) is 43.0 Å². The standard InChI is InChI=1S/C16H22N2O5S/c1-9(19)17-8-11-14-10(5-7-22-11)13(16(20)21)15(24-14)18-12-4-2-3-6-23-12/h11-12,18H,2-8H2,1H3,(H,17,19)(H,20,21). The van der Waals surface area contributed by atoms with Gasteiger partial charge < -0.3 is 25.2 Å². The quantitative estimate of drug-likeness (QED) is 0.750. The summed E-state index contributed by atoms with van der Waals surface area (Å²) in [5.74, 6) is -1.07. The van der Waals surface area contributed by atoms with Gasteiger partial charge in [-0.05, 0) is 31.2 Å². The van der Waals surface area contributed by atoms with Crippen molar-refractivity contribution in [2.24, 2.45) is 0 Å². The summed E-state index contributed by atoms with van der Waals surface area (Å²) < 4.78 is 11.4. The first-order valence-corrected chi connectivity index (χ1v) is 9.01. The van der Waals surface area contributed by atoms with Gasteiger partial charge in [0.15, 0.2) is 0 Å². The van der Waals surface area contributed by atoms with E-state index in [1.807, 2.05) is 0 Å². The summed E-state index contributed by atoms with van der Waals surface area (Å²) in [6, 6.07) is 0. The third-order valence-electron chi connectivity index (χ3n) is 4.22. The lowest BCUT2D eigenvalue weighted by Crippen LogP contribution is -2.29. The second-order valence-corrected chi connectivity index (χ2v) is 7.05. The van der Waals surface area contributed by atoms with Gasteiger partial charge in [0.2, 0.25) is 5.91 Å². The zero-order valence-electron chi connectivity index (χ0n) is 13.6. The molecule has 3 heterocycles. The maximum atomic E-state index is 11.8. The lowest BCUT2D eigenvalue weighted by Gasteiger charge is -2.24. The highest BCUT2D eigenvalue weighted by Gasteiger charge is 2.32. The monoisotopic (exact) mass is 354 g/mol. The first-order valence-electron chi connectivity index (χ1n) is 8.19. The highest BCUT2D eigenvalue weighted by atomic mass is 32.1. The second-order valence-electron chi connectivity index (χ2n) is 6.00. The highest BCUT2D eigenvalue weighted by molar-refractivity contribution is 7.16. The summed E-state index contributed by atoms with van der Waals surface area (Å²) in [5, 5.41) is 16.3. The number of carbonyl (C=O) groups excluding carboxylic acids is 1. The van der Waals surface area contributed by atoms with Crippen LogP contribution >= 0.6 is 11.3 Å². The molecule has 0 aromatic carbocycles. The smallest absolute Gasteiger partial charge is 0.338 e. The van der Waals surface area contributed by atoms with Crippen molar-refractivity contribution in [2.45, 2.75) is 44.9 Å². The minimum absolute atomic E-state index is 0.130. The molecule has 1 amide bonds. The number of thiophene rings is 1. The molecule has 2 unspecified atom stereocenters. The molecule has 2 aliphatic heterocycles. The average Bonchev–Trinajstić information content (AvgIpc) is 2.92. The van der Waals surface area contributed by atoms with E-state index in [2.05, 4.69) is 10.6 Å². The number of carboxylic acid groups (broad SMARTS) is 1. The Labute approximate surface area is 144 Å². The second kappa shape index (κ2) is 7.50. The van der Waals surface area contributed by atoms with Crippen LogP contribution in [0.4, 0.5) is 5.00 Å². The number of rotatable bonds is 5. The predicted octanol–water partition coefficient (Wildman–Crippen LogP) is 2.13. The zero-order chi connectivity index (χ0) is 17.1. The minimum Gasteiger partial charge on any atom is -0.478 e. The summed E-state index contributed by atoms with van der Waals surface area (Å²) in [7, 11) is 0. The van der Waals surface area contributed by atoms with E-state index in [1.54, 1.807) is 0 Å². The van der Waals surface area contributed by atoms with E-state index in [-0.39, 0.29) is 18.2 Å². The molecular weight excluding hydrogens is 332 g/mol. The molecule has 3 rings (SSSR count). The van der Waals surface area contributed by atoms with Gasteiger partial charge in [-0.25, -0.2) is 4.79 Å². The number of amides is 1. The number of carbonyl (C=O) groups is 2. The van der Waals surface area contributed by atoms with Crippen LogP contribution in [0.5, 0.6) is 0 Å². The maximum absolute atomic E-state index is 11.8. The Morgan fingerprint density at radius 3 is 2.79 bits per heavy atom. The topological polar surface area (TPSA) is 96.9 Å². The molecule has 0 saturated carbocycles. The summed E-state index contributed by atoms with van der Waals surface area (Å²) >= 11 is 1.40. The number of carboxylic acids is 1. The van der Waals surface area contributed by atoms with Crippen LogP contribution in [0.2, 0.25) is 0 Å². The predicted molar refractivity (Wildman–Crippen MR) is 89.6 cm³/mol. The minimum atomic E-state index is -0.939. The molecule has 2 aliphatic rings. The van der Waals surface area contributed by atoms with Crippen molar-refractivity contribution in [3.63, 3.8) is 0 Å². The summed E-state index contributed by atoms with van der Waals surface area (Å²) in [6.45, 7) is 2.95. The van der Waals surface area contributed by atoms with Crippen LogP contribution in [0.3, 0.4) is 0 Å². The first kappa shape index (κ1) is 17.2. The van der Waals surface area contributed by atoms with Gasteiger partial charge in [0.1, 0.15) is 17.3 Å². The third kappa shape index (κ3) is 3.71. The normalized spacial score (nSPS) is 23.4. The number of anilines is 1. The van der Waals surface area contributed by atoms with Crippen LogP contribution in [0.25, 0.3) is 0 Å². The van der Waals surface area contributed by atoms with Crippen LogP contribution in [0.15, 0.2) is 0 Å². The first-order chi connectivity index (χ1) is 11.6. The largest absolute Gasteiger partial charge is 0.478 e. The molecule has 24 heavy (non-hydrogen) atoms. The molecular formula is C16H22N2O5S. The molecule has 0 bridgehead atoms. The van der Waals surface area contributed by atoms with Crippen molar-refractivity contribution in [1.82, 2.24) is 5.32 Å². The number of aromatic carboxylic acids is 1. The van der Waals surface area contributed by atoms with Gasteiger partial charge in [-0.1, -0.05) is 0 Å². The van der Waals surface area contributed by atoms with E-state index in [9.17, 15) is 14.7 Å². The van der Waals surface area contributed by atoms with Gasteiger partial charge in [-0.3, -0.25) is 4.79 Å². The highest BCUT2D eigenvalue weighted by Crippen LogP contribution is 2.41. The number of ether oxygens (including phenoxy) is 2. The number of hydrogen-bond acceptors (Lipinski definition) is 6. The molecule has 1 aromatic heterocycles. The molecule has 7 nitrogen and oxygen atoms in total. The molecule has 8 heteroatoms. The van der Waals surface area contributed by atoms with E-state index in [0.29, 0.717) is 36.7 Å². The van der Waals surface area contributed by atoms with Crippen LogP contribution < -0.4 is 10.6 Å². The van der Waals surface area contributed by atoms with E-state index in [1.165, 1.54) is 18.3 Å². The molecule has 1 fully saturated rings. The van der Waals surface area contributed by atoms with E-state index in [0.717, 1.165) is 29.7 Å². The molecule has 1 aromatic rings. The third-order valence-corrected chi connectivity index (χ3v) is 5.48. The molecule has 2 atom stereocenters. The van der Waals surface area contributed by atoms with Crippen LogP contribution in [-0.2, 0) is 20.7 Å². The Morgan fingerprint density at radius 1 is 1.29 bits per heavy atom. The number of nitrogens with one attached hydrogen (secondary N) is 2. The van der Waals surface area contributed by atoms with Crippen molar-refractivity contribution in [2.75, 3.05) is 25.1 Å². The van der Waals surface area contributed by atoms with Crippen molar-refractivity contribution in [3.05, 3.63) is 16.0 Å². The molecule has 1 saturated heterocycles. The van der Waals surface area contributed by atoms with Gasteiger partial charge in [0.25, 0.3) is 0 Å². The van der Waals surface area contributed by atoms with Crippen molar-refractivity contribution in [1.29, 1.82) is 0 Å². The molecule has 0 spiro atoms. The van der Waals surface area contributed by atoms with Gasteiger partial charge in [0.05, 0.1) is 12.2 Å². The van der Waals surface area contributed by atoms with E-state index >= 15 is 0 Å². The van der Waals surface area contributed by atoms with Gasteiger partial charge in [-0.2, -0.15) is 0 Å². The SMILES string of the molecule is CC(=O)NCC1OCCc2c1sc(NC1CCCCO1)c2C(=O)O. The number of hydrogen-bond donors (Lipinski definition) is 3. The maximum Gasteiger partial charge on any atom is 0.338 e. The fraction of sp³-hybridized carbons (Fsp3) is 0.625. The molecule has 132 valence electrons. The molecule has 0 radical (unpaired) electrons. The summed E-state index contributed by atoms with van der Waals surface area (Å²) in [4.78, 5) is 23.8. The van der Waals surface area contributed by atoms with Gasteiger partial charge >= 0.3 is 5.97 Å². The Balaban J connectivity index is 1.86. The summed E-state index contributed by atoms with van der Waals surface area (Å²) in [5.41, 5.74) is 1.13. The Hall–Kier alpha value is -1.64. The summed E-state index contributed by atoms with van der Waals surface area (Å²) in [6.07, 6.45) is 3.09. The van der Waals surface area contributed by atoms with E-state index < -0.39 is 5.97 Å². The zero-order valence-corrected chi connectivity index (χ0v) is 14.4. The number of fused-ring (bicyclic) bond motifs is 1. The molecule has 0 aliphatic carbocycles. The fourth-order valence-corrected chi connectivity index (χ4v) is 4.42. The fourth-order valence-electron chi connectivity index (χ4n) is 3.09. The Kier molecular flexibility index (Phi) is 5.37. The Morgan fingerprint density at radius 2 is 2.12 bits per heavy atom. The average molecular weight is 354 g/mol. The van der Waals surface area contributed by atoms with Gasteiger partial charge in [0, 0.05) is 25.0 Å².